The summed E-state index contributed by atoms with van der Waals surface area (Å²) in [4.78, 5) is 18.6. The Balaban J connectivity index is 1.54. The summed E-state index contributed by atoms with van der Waals surface area (Å²) < 4.78 is 37.2. The normalized spacial score (nSPS) is 15.4. The van der Waals surface area contributed by atoms with Crippen molar-refractivity contribution >= 4 is 21.8 Å². The Morgan fingerprint density at radius 1 is 1.10 bits per heavy atom. The molecule has 0 bridgehead atoms. The van der Waals surface area contributed by atoms with Crippen LogP contribution in [0.25, 0.3) is 0 Å². The van der Waals surface area contributed by atoms with Crippen LogP contribution in [0.3, 0.4) is 0 Å². The van der Waals surface area contributed by atoms with E-state index in [9.17, 15) is 13.2 Å². The summed E-state index contributed by atoms with van der Waals surface area (Å²) in [5.41, 5.74) is 1.57. The number of ether oxygens (including phenoxy) is 2. The van der Waals surface area contributed by atoms with E-state index in [4.69, 9.17) is 9.47 Å². The molecular weight excluding hydrogens is 406 g/mol. The third kappa shape index (κ3) is 4.73. The average Bonchev–Trinajstić information content (AvgIpc) is 3.02. The number of amidine groups is 1. The first-order chi connectivity index (χ1) is 14.4. The molecule has 8 nitrogen and oxygen atoms in total. The van der Waals surface area contributed by atoms with Crippen LogP contribution < -0.4 is 14.2 Å². The second kappa shape index (κ2) is 9.17. The topological polar surface area (TPSA) is 97.3 Å². The number of carbonyl (C=O) groups excluding carboxylic acids is 1. The first-order valence-corrected chi connectivity index (χ1v) is 11.0. The molecule has 0 saturated heterocycles. The Morgan fingerprint density at radius 2 is 1.83 bits per heavy atom. The van der Waals surface area contributed by atoms with Crippen LogP contribution in [0, 0.1) is 0 Å². The van der Waals surface area contributed by atoms with Gasteiger partial charge < -0.3 is 14.4 Å². The minimum Gasteiger partial charge on any atom is -0.493 e. The van der Waals surface area contributed by atoms with Crippen molar-refractivity contribution in [2.75, 3.05) is 34.4 Å². The van der Waals surface area contributed by atoms with Gasteiger partial charge in [-0.2, -0.15) is 0 Å². The number of carbonyl (C=O) groups is 1. The largest absolute Gasteiger partial charge is 0.493 e. The molecule has 2 aromatic rings. The van der Waals surface area contributed by atoms with Crippen LogP contribution in [0.4, 0.5) is 0 Å². The fourth-order valence-electron chi connectivity index (χ4n) is 3.16. The molecule has 1 amide bonds. The molecule has 0 atom stereocenters. The maximum Gasteiger partial charge on any atom is 0.263 e. The smallest absolute Gasteiger partial charge is 0.263 e. The van der Waals surface area contributed by atoms with Crippen molar-refractivity contribution in [3.63, 3.8) is 0 Å². The molecule has 1 aliphatic rings. The molecule has 0 radical (unpaired) electrons. The van der Waals surface area contributed by atoms with Crippen LogP contribution in [-0.2, 0) is 21.2 Å². The maximum atomic E-state index is 12.4. The zero-order valence-corrected chi connectivity index (χ0v) is 18.0. The molecule has 1 aliphatic heterocycles. The summed E-state index contributed by atoms with van der Waals surface area (Å²) in [5.74, 6) is 1.54. The highest BCUT2D eigenvalue weighted by Gasteiger charge is 2.29. The van der Waals surface area contributed by atoms with E-state index >= 15 is 0 Å². The van der Waals surface area contributed by atoms with E-state index in [0.717, 1.165) is 5.56 Å². The van der Waals surface area contributed by atoms with Gasteiger partial charge in [0.25, 0.3) is 10.0 Å². The SMILES string of the molecule is COc1ccc(CCN(C)C(=O)CCN=C2NS(=O)(=O)c3ccccc32)cc1OC. The molecule has 0 fully saturated rings. The van der Waals surface area contributed by atoms with Gasteiger partial charge in [0.15, 0.2) is 11.5 Å². The maximum absolute atomic E-state index is 12.4. The molecule has 160 valence electrons. The summed E-state index contributed by atoms with van der Waals surface area (Å²) in [6.45, 7) is 0.742. The molecule has 30 heavy (non-hydrogen) atoms. The van der Waals surface area contributed by atoms with Crippen molar-refractivity contribution in [1.82, 2.24) is 9.62 Å². The van der Waals surface area contributed by atoms with Crippen LogP contribution in [0.1, 0.15) is 17.5 Å². The molecule has 0 aromatic heterocycles. The van der Waals surface area contributed by atoms with Gasteiger partial charge in [0.2, 0.25) is 5.91 Å². The number of aliphatic imine (C=N–C) groups is 1. The van der Waals surface area contributed by atoms with Gasteiger partial charge in [-0.05, 0) is 36.2 Å². The predicted molar refractivity (Wildman–Crippen MR) is 114 cm³/mol. The molecule has 2 aromatic carbocycles. The molecule has 1 N–H and O–H groups in total. The number of nitrogens with one attached hydrogen (secondary N) is 1. The van der Waals surface area contributed by atoms with E-state index in [1.807, 2.05) is 18.2 Å². The van der Waals surface area contributed by atoms with E-state index in [0.29, 0.717) is 30.0 Å². The van der Waals surface area contributed by atoms with Crippen LogP contribution in [-0.4, -0.2) is 59.4 Å². The van der Waals surface area contributed by atoms with E-state index in [2.05, 4.69) is 9.71 Å². The van der Waals surface area contributed by atoms with Crippen molar-refractivity contribution in [3.05, 3.63) is 53.6 Å². The van der Waals surface area contributed by atoms with Crippen LogP contribution >= 0.6 is 0 Å². The third-order valence-corrected chi connectivity index (χ3v) is 6.27. The molecule has 0 unspecified atom stereocenters. The van der Waals surface area contributed by atoms with Crippen molar-refractivity contribution in [3.8, 4) is 11.5 Å². The first-order valence-electron chi connectivity index (χ1n) is 9.47. The number of sulfonamides is 1. The van der Waals surface area contributed by atoms with Gasteiger partial charge in [-0.1, -0.05) is 18.2 Å². The lowest BCUT2D eigenvalue weighted by molar-refractivity contribution is -0.129. The van der Waals surface area contributed by atoms with Gasteiger partial charge in [-0.25, -0.2) is 8.42 Å². The Labute approximate surface area is 176 Å². The van der Waals surface area contributed by atoms with Gasteiger partial charge in [-0.15, -0.1) is 0 Å². The van der Waals surface area contributed by atoms with Crippen LogP contribution in [0.2, 0.25) is 0 Å². The number of amides is 1. The molecule has 1 heterocycles. The second-order valence-electron chi connectivity index (χ2n) is 6.84. The Hall–Kier alpha value is -3.07. The number of rotatable bonds is 8. The minimum absolute atomic E-state index is 0.0611. The molecule has 0 spiro atoms. The zero-order valence-electron chi connectivity index (χ0n) is 17.2. The third-order valence-electron chi connectivity index (χ3n) is 4.87. The Bertz CT molecular complexity index is 1070. The average molecular weight is 432 g/mol. The van der Waals surface area contributed by atoms with Crippen LogP contribution in [0.15, 0.2) is 52.4 Å². The van der Waals surface area contributed by atoms with Crippen molar-refractivity contribution in [1.29, 1.82) is 0 Å². The van der Waals surface area contributed by atoms with Gasteiger partial charge in [0, 0.05) is 25.6 Å². The molecule has 0 aliphatic carbocycles. The summed E-state index contributed by atoms with van der Waals surface area (Å²) in [5, 5.41) is 0. The predicted octanol–water partition coefficient (Wildman–Crippen LogP) is 1.83. The standard InChI is InChI=1S/C21H25N3O5S/c1-24(13-11-15-8-9-17(28-2)18(14-15)29-3)20(25)10-12-22-21-16-6-4-5-7-19(16)30(26,27)23-21/h4-9,14H,10-13H2,1-3H3,(H,22,23). The van der Waals surface area contributed by atoms with Crippen LogP contribution in [0.5, 0.6) is 11.5 Å². The van der Waals surface area contributed by atoms with Crippen molar-refractivity contribution < 1.29 is 22.7 Å². The highest BCUT2D eigenvalue weighted by Crippen LogP contribution is 2.27. The van der Waals surface area contributed by atoms with Crippen molar-refractivity contribution in [2.24, 2.45) is 4.99 Å². The lowest BCUT2D eigenvalue weighted by Crippen LogP contribution is -2.29. The number of nitrogens with zero attached hydrogens (tertiary/aromatic N) is 2. The van der Waals surface area contributed by atoms with E-state index < -0.39 is 10.0 Å². The number of methoxy groups -OCH3 is 2. The fraction of sp³-hybridized carbons (Fsp3) is 0.333. The van der Waals surface area contributed by atoms with Crippen molar-refractivity contribution in [2.45, 2.75) is 17.7 Å². The van der Waals surface area contributed by atoms with Gasteiger partial charge >= 0.3 is 0 Å². The first kappa shape index (κ1) is 21.6. The fourth-order valence-corrected chi connectivity index (χ4v) is 4.41. The molecule has 3 rings (SSSR count). The summed E-state index contributed by atoms with van der Waals surface area (Å²) in [6.07, 6.45) is 0.861. The van der Waals surface area contributed by atoms with Gasteiger partial charge in [0.05, 0.1) is 25.7 Å². The highest BCUT2D eigenvalue weighted by atomic mass is 32.2. The quantitative estimate of drug-likeness (QED) is 0.688. The highest BCUT2D eigenvalue weighted by molar-refractivity contribution is 7.90. The zero-order chi connectivity index (χ0) is 21.7. The second-order valence-corrected chi connectivity index (χ2v) is 8.49. The summed E-state index contributed by atoms with van der Waals surface area (Å²) in [6, 6.07) is 12.3. The molecular formula is C21H25N3O5S. The number of fused-ring (bicyclic) bond motifs is 1. The van der Waals surface area contributed by atoms with Gasteiger partial charge in [0.1, 0.15) is 5.84 Å². The van der Waals surface area contributed by atoms with E-state index in [-0.39, 0.29) is 29.6 Å². The lowest BCUT2D eigenvalue weighted by atomic mass is 10.1. The monoisotopic (exact) mass is 431 g/mol. The number of hydrogen-bond donors (Lipinski definition) is 1. The number of hydrogen-bond acceptors (Lipinski definition) is 6. The lowest BCUT2D eigenvalue weighted by Gasteiger charge is -2.17. The van der Waals surface area contributed by atoms with E-state index in [1.54, 1.807) is 44.4 Å². The Kier molecular flexibility index (Phi) is 6.61. The van der Waals surface area contributed by atoms with E-state index in [1.165, 1.54) is 6.07 Å². The number of likely N-dealkylation sites (N-methyl/N-ethyl adjacent to an activating group) is 1. The molecule has 9 heteroatoms. The Morgan fingerprint density at radius 3 is 2.57 bits per heavy atom. The minimum atomic E-state index is -3.57. The summed E-state index contributed by atoms with van der Waals surface area (Å²) >= 11 is 0. The summed E-state index contributed by atoms with van der Waals surface area (Å²) in [7, 11) is 1.34. The van der Waals surface area contributed by atoms with Gasteiger partial charge in [-0.3, -0.25) is 14.5 Å². The number of benzene rings is 2. The molecule has 0 saturated carbocycles.